The van der Waals surface area contributed by atoms with Crippen molar-refractivity contribution in [2.24, 2.45) is 0 Å². The zero-order valence-electron chi connectivity index (χ0n) is 16.0. The number of hydrogen-bond donors (Lipinski definition) is 1. The van der Waals surface area contributed by atoms with E-state index in [-0.39, 0.29) is 11.7 Å². The first-order valence-electron chi connectivity index (χ1n) is 9.80. The predicted octanol–water partition coefficient (Wildman–Crippen LogP) is 3.55. The van der Waals surface area contributed by atoms with E-state index in [9.17, 15) is 9.90 Å². The van der Waals surface area contributed by atoms with Gasteiger partial charge in [0.25, 0.3) is 0 Å². The lowest BCUT2D eigenvalue weighted by molar-refractivity contribution is -0.126. The molecule has 0 atom stereocenters. The number of carbonyl (C=O) groups is 1. The van der Waals surface area contributed by atoms with Gasteiger partial charge in [0.2, 0.25) is 5.91 Å². The van der Waals surface area contributed by atoms with Crippen molar-refractivity contribution in [1.29, 1.82) is 0 Å². The van der Waals surface area contributed by atoms with Gasteiger partial charge < -0.3 is 14.9 Å². The molecule has 1 aromatic heterocycles. The van der Waals surface area contributed by atoms with Crippen LogP contribution < -0.4 is 4.90 Å². The van der Waals surface area contributed by atoms with E-state index in [1.165, 1.54) is 17.3 Å². The first-order valence-corrected chi connectivity index (χ1v) is 9.80. The van der Waals surface area contributed by atoms with E-state index in [4.69, 9.17) is 0 Å². The molecule has 0 bridgehead atoms. The van der Waals surface area contributed by atoms with Crippen molar-refractivity contribution in [3.63, 3.8) is 0 Å². The van der Waals surface area contributed by atoms with Crippen molar-refractivity contribution in [2.45, 2.75) is 0 Å². The number of fused-ring (bicyclic) bond motifs is 3. The summed E-state index contributed by atoms with van der Waals surface area (Å²) in [7, 11) is 0. The van der Waals surface area contributed by atoms with Crippen LogP contribution in [-0.4, -0.2) is 47.1 Å². The van der Waals surface area contributed by atoms with Crippen molar-refractivity contribution in [2.75, 3.05) is 31.1 Å². The summed E-state index contributed by atoms with van der Waals surface area (Å²) in [5.41, 5.74) is 5.61. The Morgan fingerprint density at radius 3 is 1.97 bits per heavy atom. The van der Waals surface area contributed by atoms with E-state index in [1.54, 1.807) is 18.2 Å². The maximum atomic E-state index is 13.0. The minimum atomic E-state index is 0.0461. The predicted molar refractivity (Wildman–Crippen MR) is 114 cm³/mol. The Balaban J connectivity index is 1.36. The van der Waals surface area contributed by atoms with Gasteiger partial charge in [-0.15, -0.1) is 0 Å². The van der Waals surface area contributed by atoms with Gasteiger partial charge in [0, 0.05) is 32.3 Å². The molecule has 1 aliphatic heterocycles. The van der Waals surface area contributed by atoms with Gasteiger partial charge in [0.1, 0.15) is 11.6 Å². The molecule has 29 heavy (non-hydrogen) atoms. The Kier molecular flexibility index (Phi) is 4.28. The van der Waals surface area contributed by atoms with E-state index in [0.29, 0.717) is 13.1 Å². The number of piperazine rings is 1. The average Bonchev–Trinajstić information content (AvgIpc) is 3.08. The van der Waals surface area contributed by atoms with Gasteiger partial charge in [-0.25, -0.2) is 4.98 Å². The van der Waals surface area contributed by atoms with Gasteiger partial charge in [-0.3, -0.25) is 4.79 Å². The van der Waals surface area contributed by atoms with Gasteiger partial charge >= 0.3 is 0 Å². The van der Waals surface area contributed by atoms with Crippen LogP contribution in [0.1, 0.15) is 11.1 Å². The minimum absolute atomic E-state index is 0.0461. The zero-order chi connectivity index (χ0) is 19.8. The van der Waals surface area contributed by atoms with Crippen LogP contribution in [0, 0.1) is 0 Å². The second-order valence-electron chi connectivity index (χ2n) is 7.34. The normalized spacial score (nSPS) is 15.1. The summed E-state index contributed by atoms with van der Waals surface area (Å²) in [6.45, 7) is 2.74. The molecule has 1 fully saturated rings. The highest BCUT2D eigenvalue weighted by atomic mass is 16.3. The minimum Gasteiger partial charge on any atom is -0.506 e. The largest absolute Gasteiger partial charge is 0.506 e. The van der Waals surface area contributed by atoms with E-state index < -0.39 is 0 Å². The number of pyridine rings is 1. The molecule has 1 N–H and O–H groups in total. The van der Waals surface area contributed by atoms with Crippen LogP contribution in [0.15, 0.2) is 72.9 Å². The third kappa shape index (κ3) is 3.14. The lowest BCUT2D eigenvalue weighted by Crippen LogP contribution is -2.48. The molecule has 0 unspecified atom stereocenters. The molecular weight excluding hydrogens is 362 g/mol. The SMILES string of the molecule is O=C(C=C1c2ccccc2-c2ccccc21)N1CCN(c2ccc(O)cn2)CC1. The van der Waals surface area contributed by atoms with Gasteiger partial charge in [-0.1, -0.05) is 48.5 Å². The summed E-state index contributed by atoms with van der Waals surface area (Å²) in [6, 6.07) is 20.0. The number of nitrogens with zero attached hydrogens (tertiary/aromatic N) is 3. The highest BCUT2D eigenvalue weighted by Crippen LogP contribution is 2.43. The summed E-state index contributed by atoms with van der Waals surface area (Å²) in [6.07, 6.45) is 3.24. The highest BCUT2D eigenvalue weighted by Gasteiger charge is 2.26. The maximum Gasteiger partial charge on any atom is 0.247 e. The second kappa shape index (κ2) is 7.09. The van der Waals surface area contributed by atoms with Gasteiger partial charge in [0.05, 0.1) is 6.20 Å². The van der Waals surface area contributed by atoms with Crippen LogP contribution in [0.4, 0.5) is 5.82 Å². The number of aromatic nitrogens is 1. The van der Waals surface area contributed by atoms with Crippen molar-refractivity contribution >= 4 is 17.3 Å². The Bertz CT molecular complexity index is 1050. The number of amides is 1. The molecule has 144 valence electrons. The molecule has 3 aromatic rings. The van der Waals surface area contributed by atoms with E-state index in [1.807, 2.05) is 29.2 Å². The van der Waals surface area contributed by atoms with Gasteiger partial charge in [0.15, 0.2) is 0 Å². The number of carbonyl (C=O) groups excluding carboxylic acids is 1. The molecular formula is C24H21N3O2. The summed E-state index contributed by atoms with van der Waals surface area (Å²) in [5.74, 6) is 1.03. The lowest BCUT2D eigenvalue weighted by Gasteiger charge is -2.35. The van der Waals surface area contributed by atoms with Crippen LogP contribution in [0.2, 0.25) is 0 Å². The molecule has 5 rings (SSSR count). The number of benzene rings is 2. The molecule has 1 saturated heterocycles. The first kappa shape index (κ1) is 17.5. The average molecular weight is 383 g/mol. The molecule has 0 radical (unpaired) electrons. The topological polar surface area (TPSA) is 56.7 Å². The molecule has 2 heterocycles. The number of rotatable bonds is 2. The number of anilines is 1. The third-order valence-electron chi connectivity index (χ3n) is 5.64. The molecule has 2 aliphatic rings. The number of hydrogen-bond acceptors (Lipinski definition) is 4. The Hall–Kier alpha value is -3.60. The molecule has 1 amide bonds. The van der Waals surface area contributed by atoms with Gasteiger partial charge in [-0.05, 0) is 40.0 Å². The van der Waals surface area contributed by atoms with Crippen LogP contribution >= 0.6 is 0 Å². The summed E-state index contributed by atoms with van der Waals surface area (Å²) in [4.78, 5) is 21.3. The lowest BCUT2D eigenvalue weighted by atomic mass is 10.0. The highest BCUT2D eigenvalue weighted by molar-refractivity contribution is 6.08. The summed E-state index contributed by atoms with van der Waals surface area (Å²) in [5, 5.41) is 9.40. The standard InChI is InChI=1S/C24H21N3O2/c28-17-9-10-23(25-16-17)26-11-13-27(14-12-26)24(29)15-22-20-7-3-1-5-18(20)19-6-2-4-8-21(19)22/h1-10,15-16,28H,11-14H2. The smallest absolute Gasteiger partial charge is 0.247 e. The van der Waals surface area contributed by atoms with Crippen LogP contribution in [0.5, 0.6) is 5.75 Å². The first-order chi connectivity index (χ1) is 14.2. The fourth-order valence-electron chi connectivity index (χ4n) is 4.14. The summed E-state index contributed by atoms with van der Waals surface area (Å²) < 4.78 is 0. The van der Waals surface area contributed by atoms with Gasteiger partial charge in [-0.2, -0.15) is 0 Å². The molecule has 1 aliphatic carbocycles. The Labute approximate surface area is 169 Å². The van der Waals surface area contributed by atoms with Crippen LogP contribution in [0.25, 0.3) is 16.7 Å². The van der Waals surface area contributed by atoms with E-state index >= 15 is 0 Å². The maximum absolute atomic E-state index is 13.0. The number of aromatic hydroxyl groups is 1. The zero-order valence-corrected chi connectivity index (χ0v) is 16.0. The summed E-state index contributed by atoms with van der Waals surface area (Å²) >= 11 is 0. The molecule has 5 nitrogen and oxygen atoms in total. The molecule has 2 aromatic carbocycles. The quantitative estimate of drug-likeness (QED) is 0.538. The van der Waals surface area contributed by atoms with E-state index in [0.717, 1.165) is 35.6 Å². The van der Waals surface area contributed by atoms with Crippen LogP contribution in [0.3, 0.4) is 0 Å². The van der Waals surface area contributed by atoms with Crippen molar-refractivity contribution < 1.29 is 9.90 Å². The van der Waals surface area contributed by atoms with Crippen molar-refractivity contribution in [1.82, 2.24) is 9.88 Å². The fraction of sp³-hybridized carbons (Fsp3) is 0.167. The second-order valence-corrected chi connectivity index (χ2v) is 7.34. The van der Waals surface area contributed by atoms with Crippen molar-refractivity contribution in [3.05, 3.63) is 84.1 Å². The fourth-order valence-corrected chi connectivity index (χ4v) is 4.14. The Morgan fingerprint density at radius 2 is 1.41 bits per heavy atom. The van der Waals surface area contributed by atoms with Crippen molar-refractivity contribution in [3.8, 4) is 16.9 Å². The molecule has 0 spiro atoms. The third-order valence-corrected chi connectivity index (χ3v) is 5.64. The molecule has 0 saturated carbocycles. The molecule has 5 heteroatoms. The van der Waals surface area contributed by atoms with Crippen LogP contribution in [-0.2, 0) is 4.79 Å². The Morgan fingerprint density at radius 1 is 0.828 bits per heavy atom. The van der Waals surface area contributed by atoms with E-state index in [2.05, 4.69) is 34.1 Å². The monoisotopic (exact) mass is 383 g/mol.